The number of alkyl halides is 6. The zero-order valence-electron chi connectivity index (χ0n) is 19.7. The largest absolute Gasteiger partial charge is 0.434 e. The Hall–Kier alpha value is -6.47. The van der Waals surface area contributed by atoms with Gasteiger partial charge in [0.15, 0.2) is 11.4 Å². The van der Waals surface area contributed by atoms with Crippen molar-refractivity contribution >= 4 is 11.1 Å². The number of hydrogen-bond acceptors (Lipinski definition) is 9. The molecule has 1 aliphatic rings. The van der Waals surface area contributed by atoms with Gasteiger partial charge in [-0.1, -0.05) is 0 Å². The fourth-order valence-electron chi connectivity index (χ4n) is 4.00. The van der Waals surface area contributed by atoms with E-state index in [9.17, 15) is 63.2 Å². The Balaban J connectivity index is 2.47. The third-order valence-corrected chi connectivity index (χ3v) is 5.64. The molecule has 15 heteroatoms. The summed E-state index contributed by atoms with van der Waals surface area (Å²) in [7, 11) is 0. The first kappa shape index (κ1) is 29.1. The number of nitrogens with zero attached hydrogens (tertiary/aromatic N) is 9. The minimum Gasteiger partial charge on any atom is -0.249 e. The third-order valence-electron chi connectivity index (χ3n) is 5.64. The smallest absolute Gasteiger partial charge is 0.249 e. The summed E-state index contributed by atoms with van der Waals surface area (Å²) in [6.07, 6.45) is -9.08. The highest BCUT2D eigenvalue weighted by molar-refractivity contribution is 5.93. The van der Waals surface area contributed by atoms with Gasteiger partial charge in [-0.15, -0.1) is 0 Å². The van der Waals surface area contributed by atoms with Crippen molar-refractivity contribution in [1.82, 2.24) is 9.97 Å². The molecule has 0 atom stereocenters. The number of rotatable bonds is 2. The van der Waals surface area contributed by atoms with E-state index < -0.39 is 80.3 Å². The van der Waals surface area contributed by atoms with E-state index in [-0.39, 0.29) is 11.1 Å². The maximum absolute atomic E-state index is 13.6. The summed E-state index contributed by atoms with van der Waals surface area (Å²) in [5, 5.41) is 67.4. The molecule has 0 saturated carbocycles. The van der Waals surface area contributed by atoms with Crippen LogP contribution in [0.15, 0.2) is 35.2 Å². The molecule has 41 heavy (non-hydrogen) atoms. The summed E-state index contributed by atoms with van der Waals surface area (Å²) in [5.74, 6) is 0. The first-order valence-electron chi connectivity index (χ1n) is 10.5. The highest BCUT2D eigenvalue weighted by Gasteiger charge is 2.40. The predicted molar refractivity (Wildman–Crippen MR) is 121 cm³/mol. The number of halogens is 6. The maximum atomic E-state index is 13.6. The average Bonchev–Trinajstić information content (AvgIpc) is 3.35. The van der Waals surface area contributed by atoms with E-state index in [0.29, 0.717) is 12.4 Å². The van der Waals surface area contributed by atoms with E-state index >= 15 is 0 Å². The first-order valence-corrected chi connectivity index (χ1v) is 10.5. The molecule has 1 aliphatic carbocycles. The van der Waals surface area contributed by atoms with Gasteiger partial charge >= 0.3 is 12.4 Å². The molecule has 3 rings (SSSR count). The van der Waals surface area contributed by atoms with Crippen LogP contribution in [0.5, 0.6) is 0 Å². The van der Waals surface area contributed by atoms with Crippen molar-refractivity contribution in [1.29, 1.82) is 36.8 Å². The SMILES string of the molecule is N#CC1=CC(=C(\C#N)c2c(C#N)cnc(C(F)(F)F)c2C#N)/C/C1=C(/C#N)c1c(C#N)cnc(C(F)(F)F)c1C#N. The van der Waals surface area contributed by atoms with Crippen molar-refractivity contribution in [2.75, 3.05) is 0 Å². The molecular formula is C26H5F6N9. The quantitative estimate of drug-likeness (QED) is 0.356. The second-order valence-electron chi connectivity index (χ2n) is 7.81. The Morgan fingerprint density at radius 1 is 0.634 bits per heavy atom. The Morgan fingerprint density at radius 2 is 1.07 bits per heavy atom. The van der Waals surface area contributed by atoms with Crippen LogP contribution in [-0.2, 0) is 12.4 Å². The van der Waals surface area contributed by atoms with Crippen LogP contribution in [0.25, 0.3) is 11.1 Å². The fraction of sp³-hybridized carbons (Fsp3) is 0.115. The Morgan fingerprint density at radius 3 is 1.41 bits per heavy atom. The van der Waals surface area contributed by atoms with Crippen LogP contribution in [0.3, 0.4) is 0 Å². The van der Waals surface area contributed by atoms with Gasteiger partial charge in [-0.2, -0.15) is 63.2 Å². The fourth-order valence-corrected chi connectivity index (χ4v) is 4.00. The van der Waals surface area contributed by atoms with Gasteiger partial charge in [0.1, 0.15) is 36.4 Å². The Labute approximate surface area is 225 Å². The summed E-state index contributed by atoms with van der Waals surface area (Å²) in [6.45, 7) is 0. The highest BCUT2D eigenvalue weighted by Crippen LogP contribution is 2.43. The van der Waals surface area contributed by atoms with Gasteiger partial charge in [-0.3, -0.25) is 0 Å². The van der Waals surface area contributed by atoms with E-state index in [0.717, 1.165) is 6.08 Å². The van der Waals surface area contributed by atoms with Gasteiger partial charge in [0.05, 0.1) is 45.0 Å². The van der Waals surface area contributed by atoms with Gasteiger partial charge in [-0.25, -0.2) is 9.97 Å². The summed E-state index contributed by atoms with van der Waals surface area (Å²) in [5.41, 5.74) is -11.1. The van der Waals surface area contributed by atoms with Crippen LogP contribution in [0, 0.1) is 79.3 Å². The van der Waals surface area contributed by atoms with Gasteiger partial charge < -0.3 is 0 Å². The maximum Gasteiger partial charge on any atom is 0.434 e. The van der Waals surface area contributed by atoms with E-state index in [1.165, 1.54) is 24.3 Å². The van der Waals surface area contributed by atoms with Crippen LogP contribution in [0.2, 0.25) is 0 Å². The second-order valence-corrected chi connectivity index (χ2v) is 7.81. The summed E-state index contributed by atoms with van der Waals surface area (Å²) in [6, 6.07) is 10.4. The molecule has 0 amide bonds. The topological polar surface area (TPSA) is 192 Å². The van der Waals surface area contributed by atoms with Crippen molar-refractivity contribution in [3.8, 4) is 42.5 Å². The summed E-state index contributed by atoms with van der Waals surface area (Å²) >= 11 is 0. The van der Waals surface area contributed by atoms with E-state index in [2.05, 4.69) is 9.97 Å². The van der Waals surface area contributed by atoms with Gasteiger partial charge in [0, 0.05) is 29.9 Å². The number of pyridine rings is 2. The zero-order valence-corrected chi connectivity index (χ0v) is 19.7. The summed E-state index contributed by atoms with van der Waals surface area (Å²) < 4.78 is 81.3. The molecule has 0 saturated heterocycles. The van der Waals surface area contributed by atoms with Gasteiger partial charge in [0.2, 0.25) is 0 Å². The number of aromatic nitrogens is 2. The van der Waals surface area contributed by atoms with Crippen LogP contribution < -0.4 is 0 Å². The average molecular weight is 557 g/mol. The van der Waals surface area contributed by atoms with Crippen molar-refractivity contribution in [3.05, 3.63) is 80.0 Å². The Bertz CT molecular complexity index is 1910. The lowest BCUT2D eigenvalue weighted by atomic mass is 9.89. The van der Waals surface area contributed by atoms with Crippen molar-refractivity contribution in [3.63, 3.8) is 0 Å². The Kier molecular flexibility index (Phi) is 7.61. The first-order chi connectivity index (χ1) is 19.3. The monoisotopic (exact) mass is 557 g/mol. The molecule has 0 aliphatic heterocycles. The van der Waals surface area contributed by atoms with Crippen LogP contribution in [-0.4, -0.2) is 9.97 Å². The lowest BCUT2D eigenvalue weighted by molar-refractivity contribution is -0.142. The minimum absolute atomic E-state index is 0.277. The molecule has 0 N–H and O–H groups in total. The third kappa shape index (κ3) is 5.01. The molecule has 0 aromatic carbocycles. The van der Waals surface area contributed by atoms with Gasteiger partial charge in [0.25, 0.3) is 0 Å². The lowest BCUT2D eigenvalue weighted by Gasteiger charge is -2.14. The molecule has 0 unspecified atom stereocenters. The molecule has 0 bridgehead atoms. The normalized spacial score (nSPS) is 15.0. The van der Waals surface area contributed by atoms with E-state index in [1.807, 2.05) is 0 Å². The van der Waals surface area contributed by atoms with Crippen molar-refractivity contribution in [2.45, 2.75) is 18.8 Å². The van der Waals surface area contributed by atoms with Crippen molar-refractivity contribution < 1.29 is 26.3 Å². The standard InChI is InChI=1S/C26H5F6N9/c27-25(28,29)23-19(8-38)21(14(4-34)10-40-23)17(6-36)12-1-13(3-33)16(2-12)18(7-37)22-15(5-35)11-41-24(20(22)9-39)26(30,31)32/h1,10-11H,2H2/b17-12-,18-16+. The molecule has 2 heterocycles. The molecule has 0 fully saturated rings. The van der Waals surface area contributed by atoms with Gasteiger partial charge in [-0.05, 0) is 17.2 Å². The molecule has 2 aromatic rings. The molecule has 196 valence electrons. The highest BCUT2D eigenvalue weighted by atomic mass is 19.4. The number of nitriles is 7. The van der Waals surface area contributed by atoms with E-state index in [4.69, 9.17) is 0 Å². The predicted octanol–water partition coefficient (Wildman–Crippen LogP) is 5.11. The minimum atomic E-state index is -5.18. The van der Waals surface area contributed by atoms with Crippen molar-refractivity contribution in [2.24, 2.45) is 0 Å². The van der Waals surface area contributed by atoms with Crippen LogP contribution >= 0.6 is 0 Å². The molecule has 0 radical (unpaired) electrons. The second kappa shape index (κ2) is 10.7. The van der Waals surface area contributed by atoms with E-state index in [1.54, 1.807) is 18.2 Å². The van der Waals surface area contributed by atoms with Crippen LogP contribution in [0.1, 0.15) is 51.2 Å². The molecule has 9 nitrogen and oxygen atoms in total. The lowest BCUT2D eigenvalue weighted by Crippen LogP contribution is -2.14. The van der Waals surface area contributed by atoms with Crippen LogP contribution in [0.4, 0.5) is 26.3 Å². The molecular weight excluding hydrogens is 552 g/mol. The zero-order chi connectivity index (χ0) is 30.7. The number of allylic oxidation sites excluding steroid dienone is 6. The molecule has 0 spiro atoms. The summed E-state index contributed by atoms with van der Waals surface area (Å²) in [4.78, 5) is 6.21. The molecule has 2 aromatic heterocycles. The number of hydrogen-bond donors (Lipinski definition) is 0.